The Bertz CT molecular complexity index is 1250. The summed E-state index contributed by atoms with van der Waals surface area (Å²) in [6.45, 7) is 6.45. The lowest BCUT2D eigenvalue weighted by molar-refractivity contribution is 0.0946. The van der Waals surface area contributed by atoms with Crippen molar-refractivity contribution in [1.82, 2.24) is 20.5 Å². The number of aliphatic imine (C=N–C) groups is 1. The molecule has 8 nitrogen and oxygen atoms in total. The lowest BCUT2D eigenvalue weighted by atomic mass is 10.1. The Balaban J connectivity index is 1.14. The van der Waals surface area contributed by atoms with Crippen molar-refractivity contribution in [2.45, 2.75) is 26.2 Å². The number of aromatic amines is 1. The van der Waals surface area contributed by atoms with Crippen molar-refractivity contribution in [3.63, 3.8) is 0 Å². The predicted octanol–water partition coefficient (Wildman–Crippen LogP) is 4.02. The molecule has 182 valence electrons. The number of benzene rings is 2. The summed E-state index contributed by atoms with van der Waals surface area (Å²) >= 11 is 0. The maximum Gasteiger partial charge on any atom is 0.251 e. The minimum absolute atomic E-state index is 0.0539. The molecule has 0 atom stereocenters. The number of guanidine groups is 1. The highest BCUT2D eigenvalue weighted by Gasteiger charge is 2.13. The molecule has 2 aromatic carbocycles. The number of rotatable bonds is 7. The van der Waals surface area contributed by atoms with Crippen LogP contribution in [-0.4, -0.2) is 54.5 Å². The number of nitrogens with zero attached hydrogens (tertiary/aromatic N) is 2. The van der Waals surface area contributed by atoms with Gasteiger partial charge in [0.1, 0.15) is 5.82 Å². The third-order valence-electron chi connectivity index (χ3n) is 6.38. The number of anilines is 2. The van der Waals surface area contributed by atoms with E-state index in [1.54, 1.807) is 0 Å². The molecule has 0 radical (unpaired) electrons. The minimum Gasteiger partial charge on any atom is -0.359 e. The summed E-state index contributed by atoms with van der Waals surface area (Å²) in [4.78, 5) is 22.9. The minimum atomic E-state index is -0.0539. The van der Waals surface area contributed by atoms with E-state index in [2.05, 4.69) is 61.3 Å². The molecule has 1 amide bonds. The standard InChI is InChI=1S/C27H33N7O/c1-19-16-21-18-23(8-9-24(21)30-19)31-25-10-11-29-27(33-25)32-22-7-5-6-20(17-22)26(35)28-12-15-34-13-3-2-4-14-34/h5-10,16-18,30-31H,2-4,11-15H2,1H3,(H,28,35)(H2,29,32,33). The van der Waals surface area contributed by atoms with Crippen LogP contribution >= 0.6 is 0 Å². The van der Waals surface area contributed by atoms with Gasteiger partial charge in [-0.3, -0.25) is 4.79 Å². The van der Waals surface area contributed by atoms with E-state index in [-0.39, 0.29) is 5.91 Å². The van der Waals surface area contributed by atoms with Crippen molar-refractivity contribution >= 4 is 34.1 Å². The average molecular weight is 472 g/mol. The van der Waals surface area contributed by atoms with Gasteiger partial charge in [-0.2, -0.15) is 0 Å². The Morgan fingerprint density at radius 3 is 2.77 bits per heavy atom. The Kier molecular flexibility index (Phi) is 6.99. The number of hydrogen-bond donors (Lipinski definition) is 5. The second-order valence-corrected chi connectivity index (χ2v) is 9.18. The van der Waals surface area contributed by atoms with E-state index in [0.717, 1.165) is 48.0 Å². The van der Waals surface area contributed by atoms with Crippen LogP contribution in [0.2, 0.25) is 0 Å². The Hall–Kier alpha value is -3.78. The van der Waals surface area contributed by atoms with E-state index in [0.29, 0.717) is 24.6 Å². The van der Waals surface area contributed by atoms with Crippen molar-refractivity contribution in [2.75, 3.05) is 43.4 Å². The van der Waals surface area contributed by atoms with Gasteiger partial charge in [0.25, 0.3) is 5.91 Å². The zero-order valence-electron chi connectivity index (χ0n) is 20.2. The van der Waals surface area contributed by atoms with Gasteiger partial charge in [0.05, 0.1) is 6.54 Å². The van der Waals surface area contributed by atoms with E-state index in [4.69, 9.17) is 0 Å². The fourth-order valence-electron chi connectivity index (χ4n) is 4.60. The SMILES string of the molecule is Cc1cc2cc(NC3=CCN=C(Nc4cccc(C(=O)NCCN5CCCCC5)c4)N3)ccc2[nH]1. The van der Waals surface area contributed by atoms with Gasteiger partial charge in [0, 0.05) is 46.6 Å². The summed E-state index contributed by atoms with van der Waals surface area (Å²) in [6.07, 6.45) is 5.84. The lowest BCUT2D eigenvalue weighted by Crippen LogP contribution is -2.37. The topological polar surface area (TPSA) is 96.6 Å². The molecule has 0 aliphatic carbocycles. The zero-order chi connectivity index (χ0) is 24.0. The van der Waals surface area contributed by atoms with Crippen LogP contribution < -0.4 is 21.3 Å². The second-order valence-electron chi connectivity index (χ2n) is 9.18. The summed E-state index contributed by atoms with van der Waals surface area (Å²) in [5, 5.41) is 14.2. The number of likely N-dealkylation sites (tertiary alicyclic amines) is 1. The van der Waals surface area contributed by atoms with Crippen LogP contribution in [0.5, 0.6) is 0 Å². The fraction of sp³-hybridized carbons (Fsp3) is 0.333. The number of piperidine rings is 1. The van der Waals surface area contributed by atoms with Crippen LogP contribution in [0.15, 0.2) is 65.4 Å². The number of carbonyl (C=O) groups excluding carboxylic acids is 1. The third-order valence-corrected chi connectivity index (χ3v) is 6.38. The molecule has 8 heteroatoms. The van der Waals surface area contributed by atoms with Crippen LogP contribution in [0, 0.1) is 6.92 Å². The first-order valence-corrected chi connectivity index (χ1v) is 12.4. The van der Waals surface area contributed by atoms with E-state index >= 15 is 0 Å². The third kappa shape index (κ3) is 6.02. The summed E-state index contributed by atoms with van der Waals surface area (Å²) in [5.41, 5.74) is 4.71. The van der Waals surface area contributed by atoms with Gasteiger partial charge in [-0.25, -0.2) is 4.99 Å². The van der Waals surface area contributed by atoms with Crippen molar-refractivity contribution in [3.05, 3.63) is 71.7 Å². The normalized spacial score (nSPS) is 16.3. The van der Waals surface area contributed by atoms with Crippen molar-refractivity contribution in [3.8, 4) is 0 Å². The number of hydrogen-bond acceptors (Lipinski definition) is 6. The molecule has 0 spiro atoms. The maximum absolute atomic E-state index is 12.7. The largest absolute Gasteiger partial charge is 0.359 e. The predicted molar refractivity (Wildman–Crippen MR) is 143 cm³/mol. The summed E-state index contributed by atoms with van der Waals surface area (Å²) < 4.78 is 0. The Labute approximate surface area is 205 Å². The molecule has 2 aliphatic rings. The summed E-state index contributed by atoms with van der Waals surface area (Å²) in [5.74, 6) is 1.44. The number of nitrogens with one attached hydrogen (secondary N) is 5. The highest BCUT2D eigenvalue weighted by molar-refractivity contribution is 5.99. The molecule has 1 saturated heterocycles. The van der Waals surface area contributed by atoms with Gasteiger partial charge >= 0.3 is 0 Å². The number of aromatic nitrogens is 1. The first-order chi connectivity index (χ1) is 17.1. The van der Waals surface area contributed by atoms with Gasteiger partial charge in [0.2, 0.25) is 5.96 Å². The molecule has 0 saturated carbocycles. The van der Waals surface area contributed by atoms with E-state index in [1.165, 1.54) is 24.6 Å². The van der Waals surface area contributed by atoms with Crippen LogP contribution in [0.4, 0.5) is 11.4 Å². The van der Waals surface area contributed by atoms with Crippen LogP contribution in [-0.2, 0) is 0 Å². The maximum atomic E-state index is 12.7. The zero-order valence-corrected chi connectivity index (χ0v) is 20.2. The van der Waals surface area contributed by atoms with E-state index in [9.17, 15) is 4.79 Å². The monoisotopic (exact) mass is 471 g/mol. The Morgan fingerprint density at radius 2 is 1.89 bits per heavy atom. The molecular weight excluding hydrogens is 438 g/mol. The smallest absolute Gasteiger partial charge is 0.251 e. The highest BCUT2D eigenvalue weighted by Crippen LogP contribution is 2.21. The van der Waals surface area contributed by atoms with Crippen molar-refractivity contribution in [2.24, 2.45) is 4.99 Å². The molecule has 1 aromatic heterocycles. The quantitative estimate of drug-likeness (QED) is 0.359. The Morgan fingerprint density at radius 1 is 1.03 bits per heavy atom. The molecule has 2 aliphatic heterocycles. The van der Waals surface area contributed by atoms with Crippen LogP contribution in [0.25, 0.3) is 10.9 Å². The highest BCUT2D eigenvalue weighted by atomic mass is 16.1. The summed E-state index contributed by atoms with van der Waals surface area (Å²) in [6, 6.07) is 15.9. The second kappa shape index (κ2) is 10.7. The number of H-pyrrole nitrogens is 1. The molecule has 3 aromatic rings. The number of fused-ring (bicyclic) bond motifs is 1. The van der Waals surface area contributed by atoms with Gasteiger partial charge < -0.3 is 31.2 Å². The van der Waals surface area contributed by atoms with Crippen molar-refractivity contribution < 1.29 is 4.79 Å². The van der Waals surface area contributed by atoms with Crippen molar-refractivity contribution in [1.29, 1.82) is 0 Å². The fourth-order valence-corrected chi connectivity index (χ4v) is 4.60. The van der Waals surface area contributed by atoms with Crippen LogP contribution in [0.3, 0.4) is 0 Å². The molecule has 0 bridgehead atoms. The van der Waals surface area contributed by atoms with Gasteiger partial charge in [-0.15, -0.1) is 0 Å². The molecule has 3 heterocycles. The molecular formula is C27H33N7O. The van der Waals surface area contributed by atoms with E-state index < -0.39 is 0 Å². The summed E-state index contributed by atoms with van der Waals surface area (Å²) in [7, 11) is 0. The molecule has 35 heavy (non-hydrogen) atoms. The van der Waals surface area contributed by atoms with Crippen LogP contribution in [0.1, 0.15) is 35.3 Å². The first kappa shape index (κ1) is 23.0. The van der Waals surface area contributed by atoms with Gasteiger partial charge in [0.15, 0.2) is 0 Å². The van der Waals surface area contributed by atoms with E-state index in [1.807, 2.05) is 36.4 Å². The molecule has 5 N–H and O–H groups in total. The number of carbonyl (C=O) groups is 1. The molecule has 1 fully saturated rings. The number of aryl methyl sites for hydroxylation is 1. The van der Waals surface area contributed by atoms with Gasteiger partial charge in [-0.05, 0) is 81.4 Å². The average Bonchev–Trinajstić information content (AvgIpc) is 3.24. The molecule has 0 unspecified atom stereocenters. The first-order valence-electron chi connectivity index (χ1n) is 12.4. The molecule has 5 rings (SSSR count). The van der Waals surface area contributed by atoms with Gasteiger partial charge in [-0.1, -0.05) is 12.5 Å². The number of amides is 1. The lowest BCUT2D eigenvalue weighted by Gasteiger charge is -2.26.